The summed E-state index contributed by atoms with van der Waals surface area (Å²) in [5.74, 6) is -1.19. The lowest BCUT2D eigenvalue weighted by molar-refractivity contribution is -0.140. The summed E-state index contributed by atoms with van der Waals surface area (Å²) in [4.78, 5) is 31.7. The predicted octanol–water partition coefficient (Wildman–Crippen LogP) is 4.02. The van der Waals surface area contributed by atoms with Gasteiger partial charge in [-0.2, -0.15) is 0 Å². The number of methoxy groups -OCH3 is 1. The molecule has 1 atom stereocenters. The van der Waals surface area contributed by atoms with Crippen LogP contribution in [0.2, 0.25) is 0 Å². The number of hydrogen-bond donors (Lipinski definition) is 1. The molecule has 0 saturated carbocycles. The number of pyridine rings is 1. The lowest BCUT2D eigenvalue weighted by Gasteiger charge is -2.25. The molecule has 1 aromatic heterocycles. The van der Waals surface area contributed by atoms with Gasteiger partial charge in [0, 0.05) is 18.9 Å². The van der Waals surface area contributed by atoms with Crippen LogP contribution in [0.25, 0.3) is 5.76 Å². The van der Waals surface area contributed by atoms with Crippen molar-refractivity contribution in [2.45, 2.75) is 19.5 Å². The molecule has 0 spiro atoms. The molecule has 2 aromatic carbocycles. The summed E-state index contributed by atoms with van der Waals surface area (Å²) < 4.78 is 5.40. The van der Waals surface area contributed by atoms with Gasteiger partial charge < -0.3 is 14.7 Å². The summed E-state index contributed by atoms with van der Waals surface area (Å²) in [5.41, 5.74) is 2.90. The molecule has 0 radical (unpaired) electrons. The fourth-order valence-corrected chi connectivity index (χ4v) is 3.86. The molecule has 0 aliphatic carbocycles. The van der Waals surface area contributed by atoms with Gasteiger partial charge in [0.15, 0.2) is 0 Å². The van der Waals surface area contributed by atoms with Crippen molar-refractivity contribution in [2.24, 2.45) is 0 Å². The van der Waals surface area contributed by atoms with Crippen LogP contribution in [0.4, 0.5) is 0 Å². The number of likely N-dealkylation sites (tertiary alicyclic amines) is 1. The second-order valence-electron chi connectivity index (χ2n) is 7.40. The minimum absolute atomic E-state index is 0.0501. The summed E-state index contributed by atoms with van der Waals surface area (Å²) >= 11 is 0. The smallest absolute Gasteiger partial charge is 0.295 e. The van der Waals surface area contributed by atoms with Crippen LogP contribution in [-0.4, -0.2) is 33.8 Å². The van der Waals surface area contributed by atoms with E-state index in [9.17, 15) is 14.7 Å². The normalized spacial score (nSPS) is 17.7. The highest BCUT2D eigenvalue weighted by Crippen LogP contribution is 2.41. The molecule has 1 aliphatic heterocycles. The van der Waals surface area contributed by atoms with Gasteiger partial charge in [-0.15, -0.1) is 0 Å². The Morgan fingerprint density at radius 1 is 1.06 bits per heavy atom. The predicted molar refractivity (Wildman–Crippen MR) is 116 cm³/mol. The average molecular weight is 414 g/mol. The van der Waals surface area contributed by atoms with E-state index in [4.69, 9.17) is 4.74 Å². The van der Waals surface area contributed by atoms with Crippen LogP contribution < -0.4 is 4.74 Å². The number of benzene rings is 2. The number of ketones is 1. The Bertz CT molecular complexity index is 1160. The third kappa shape index (κ3) is 3.80. The molecule has 6 heteroatoms. The zero-order chi connectivity index (χ0) is 22.0. The number of carbonyl (C=O) groups is 2. The van der Waals surface area contributed by atoms with Gasteiger partial charge in [-0.1, -0.05) is 42.0 Å². The monoisotopic (exact) mass is 414 g/mol. The summed E-state index contributed by atoms with van der Waals surface area (Å²) in [6, 6.07) is 17.4. The Hall–Kier alpha value is -3.93. The summed E-state index contributed by atoms with van der Waals surface area (Å²) in [5, 5.41) is 11.3. The Balaban J connectivity index is 1.90. The van der Waals surface area contributed by atoms with Crippen LogP contribution in [0.5, 0.6) is 5.75 Å². The van der Waals surface area contributed by atoms with Crippen LogP contribution in [0.1, 0.15) is 28.3 Å². The Morgan fingerprint density at radius 2 is 1.77 bits per heavy atom. The minimum atomic E-state index is -0.723. The molecule has 6 nitrogen and oxygen atoms in total. The number of aliphatic hydroxyl groups is 1. The molecule has 1 amide bonds. The Morgan fingerprint density at radius 3 is 2.45 bits per heavy atom. The van der Waals surface area contributed by atoms with Gasteiger partial charge in [0.2, 0.25) is 0 Å². The van der Waals surface area contributed by atoms with Gasteiger partial charge in [0.1, 0.15) is 11.5 Å². The maximum absolute atomic E-state index is 13.1. The molecule has 1 N–H and O–H groups in total. The second kappa shape index (κ2) is 8.44. The topological polar surface area (TPSA) is 79.7 Å². The third-order valence-corrected chi connectivity index (χ3v) is 5.37. The largest absolute Gasteiger partial charge is 0.507 e. The van der Waals surface area contributed by atoms with Gasteiger partial charge in [0.25, 0.3) is 11.7 Å². The number of amides is 1. The Kier molecular flexibility index (Phi) is 5.54. The van der Waals surface area contributed by atoms with E-state index in [-0.39, 0.29) is 17.9 Å². The first-order valence-electron chi connectivity index (χ1n) is 9.88. The molecule has 31 heavy (non-hydrogen) atoms. The molecule has 156 valence electrons. The third-order valence-electron chi connectivity index (χ3n) is 5.37. The summed E-state index contributed by atoms with van der Waals surface area (Å²) in [6.07, 6.45) is 3.28. The number of aromatic nitrogens is 1. The number of aryl methyl sites for hydroxylation is 1. The van der Waals surface area contributed by atoms with E-state index in [2.05, 4.69) is 4.98 Å². The summed E-state index contributed by atoms with van der Waals surface area (Å²) in [7, 11) is 1.50. The van der Waals surface area contributed by atoms with E-state index in [0.29, 0.717) is 11.3 Å². The van der Waals surface area contributed by atoms with Crippen molar-refractivity contribution in [3.05, 3.63) is 101 Å². The number of ether oxygens (including phenoxy) is 1. The number of Topliss-reactive ketones (excluding diaryl/α,β-unsaturated/α-hetero) is 1. The maximum Gasteiger partial charge on any atom is 0.295 e. The Labute approximate surface area is 180 Å². The molecule has 1 fully saturated rings. The van der Waals surface area contributed by atoms with Gasteiger partial charge >= 0.3 is 0 Å². The first-order chi connectivity index (χ1) is 15.0. The van der Waals surface area contributed by atoms with E-state index in [1.165, 1.54) is 12.0 Å². The maximum atomic E-state index is 13.1. The fraction of sp³-hybridized carbons (Fsp3) is 0.160. The van der Waals surface area contributed by atoms with Gasteiger partial charge in [-0.25, -0.2) is 0 Å². The molecular formula is C25H22N2O4. The van der Waals surface area contributed by atoms with Crippen LogP contribution in [0.3, 0.4) is 0 Å². The number of aliphatic hydroxyl groups excluding tert-OH is 1. The quantitative estimate of drug-likeness (QED) is 0.388. The number of rotatable bonds is 5. The van der Waals surface area contributed by atoms with Crippen LogP contribution >= 0.6 is 0 Å². The lowest BCUT2D eigenvalue weighted by atomic mass is 9.94. The number of nitrogens with zero attached hydrogens (tertiary/aromatic N) is 2. The molecule has 1 unspecified atom stereocenters. The van der Waals surface area contributed by atoms with Crippen molar-refractivity contribution in [3.63, 3.8) is 0 Å². The lowest BCUT2D eigenvalue weighted by Crippen LogP contribution is -2.29. The standard InChI is InChI=1S/C25H22N2O4/c1-16-8-9-20(31-2)19(14-16)23(28)21-22(18-6-4-3-5-7-18)27(25(30)24(21)29)15-17-10-12-26-13-11-17/h3-14,22,28H,15H2,1-2H3/b23-21+. The molecule has 4 rings (SSSR count). The van der Waals surface area contributed by atoms with E-state index in [1.807, 2.05) is 43.3 Å². The van der Waals surface area contributed by atoms with Crippen molar-refractivity contribution >= 4 is 17.4 Å². The molecule has 0 bridgehead atoms. The highest BCUT2D eigenvalue weighted by atomic mass is 16.5. The van der Waals surface area contributed by atoms with Crippen LogP contribution in [0.15, 0.2) is 78.6 Å². The average Bonchev–Trinajstić information content (AvgIpc) is 3.04. The minimum Gasteiger partial charge on any atom is -0.507 e. The molecule has 1 saturated heterocycles. The van der Waals surface area contributed by atoms with Crippen molar-refractivity contribution in [1.82, 2.24) is 9.88 Å². The van der Waals surface area contributed by atoms with Gasteiger partial charge in [0.05, 0.1) is 24.3 Å². The van der Waals surface area contributed by atoms with Crippen molar-refractivity contribution < 1.29 is 19.4 Å². The van der Waals surface area contributed by atoms with E-state index in [0.717, 1.165) is 16.7 Å². The van der Waals surface area contributed by atoms with Crippen molar-refractivity contribution in [1.29, 1.82) is 0 Å². The zero-order valence-electron chi connectivity index (χ0n) is 17.3. The van der Waals surface area contributed by atoms with E-state index >= 15 is 0 Å². The molecule has 1 aliphatic rings. The second-order valence-corrected chi connectivity index (χ2v) is 7.40. The van der Waals surface area contributed by atoms with Gasteiger partial charge in [-0.05, 0) is 42.3 Å². The first kappa shape index (κ1) is 20.3. The van der Waals surface area contributed by atoms with Crippen molar-refractivity contribution in [3.8, 4) is 5.75 Å². The molecule has 3 aromatic rings. The zero-order valence-corrected chi connectivity index (χ0v) is 17.3. The highest BCUT2D eigenvalue weighted by molar-refractivity contribution is 6.46. The van der Waals surface area contributed by atoms with E-state index < -0.39 is 17.7 Å². The highest BCUT2D eigenvalue weighted by Gasteiger charge is 2.46. The molecule has 2 heterocycles. The number of carbonyl (C=O) groups excluding carboxylic acids is 2. The first-order valence-corrected chi connectivity index (χ1v) is 9.88. The SMILES string of the molecule is COc1ccc(C)cc1/C(O)=C1\C(=O)C(=O)N(Cc2ccncc2)C1c1ccccc1. The fourth-order valence-electron chi connectivity index (χ4n) is 3.86. The molecular weight excluding hydrogens is 392 g/mol. The van der Waals surface area contributed by atoms with Crippen LogP contribution in [0, 0.1) is 6.92 Å². The summed E-state index contributed by atoms with van der Waals surface area (Å²) in [6.45, 7) is 2.10. The number of hydrogen-bond acceptors (Lipinski definition) is 5. The van der Waals surface area contributed by atoms with Crippen molar-refractivity contribution in [2.75, 3.05) is 7.11 Å². The van der Waals surface area contributed by atoms with E-state index in [1.54, 1.807) is 36.7 Å². The van der Waals surface area contributed by atoms with Crippen LogP contribution in [-0.2, 0) is 16.1 Å². The van der Waals surface area contributed by atoms with Gasteiger partial charge in [-0.3, -0.25) is 14.6 Å².